The van der Waals surface area contributed by atoms with Gasteiger partial charge in [-0.05, 0) is 60.5 Å². The Morgan fingerprint density at radius 2 is 1.97 bits per heavy atom. The molecule has 2 aromatic heterocycles. The van der Waals surface area contributed by atoms with Crippen LogP contribution in [0.15, 0.2) is 65.8 Å². The minimum absolute atomic E-state index is 0.0900. The van der Waals surface area contributed by atoms with Crippen LogP contribution in [0.5, 0.6) is 0 Å². The van der Waals surface area contributed by atoms with Crippen LogP contribution in [0.25, 0.3) is 10.2 Å². The molecule has 0 N–H and O–H groups in total. The van der Waals surface area contributed by atoms with Crippen LogP contribution in [0.3, 0.4) is 0 Å². The molecule has 0 unspecified atom stereocenters. The maximum absolute atomic E-state index is 13.6. The summed E-state index contributed by atoms with van der Waals surface area (Å²) in [7, 11) is 0. The van der Waals surface area contributed by atoms with E-state index in [4.69, 9.17) is 16.6 Å². The lowest BCUT2D eigenvalue weighted by molar-refractivity contribution is 0.0985. The molecular formula is C24H22ClN3OS2. The number of aromatic nitrogens is 2. The number of carbonyl (C=O) groups excluding carboxylic acids is 1. The fourth-order valence-corrected chi connectivity index (χ4v) is 5.52. The number of nitrogens with zero attached hydrogens (tertiary/aromatic N) is 3. The van der Waals surface area contributed by atoms with Crippen LogP contribution in [0.1, 0.15) is 35.3 Å². The second kappa shape index (κ2) is 9.39. The number of carbonyl (C=O) groups is 1. The molecule has 0 aliphatic rings. The molecule has 7 heteroatoms. The van der Waals surface area contributed by atoms with E-state index in [0.29, 0.717) is 27.5 Å². The summed E-state index contributed by atoms with van der Waals surface area (Å²) >= 11 is 9.49. The minimum atomic E-state index is -0.0900. The summed E-state index contributed by atoms with van der Waals surface area (Å²) < 4.78 is 0.965. The zero-order chi connectivity index (χ0) is 22.0. The van der Waals surface area contributed by atoms with Gasteiger partial charge in [0.05, 0.1) is 16.8 Å². The molecule has 4 nitrogen and oxygen atoms in total. The van der Waals surface area contributed by atoms with E-state index in [0.717, 1.165) is 26.2 Å². The number of amides is 1. The molecule has 4 aromatic rings. The van der Waals surface area contributed by atoms with Gasteiger partial charge in [-0.25, -0.2) is 4.98 Å². The van der Waals surface area contributed by atoms with Gasteiger partial charge >= 0.3 is 0 Å². The highest BCUT2D eigenvalue weighted by molar-refractivity contribution is 7.99. The third-order valence-corrected chi connectivity index (χ3v) is 6.91. The average Bonchev–Trinajstić information content (AvgIpc) is 3.16. The molecule has 0 aliphatic carbocycles. The van der Waals surface area contributed by atoms with Gasteiger partial charge in [0, 0.05) is 33.1 Å². The zero-order valence-electron chi connectivity index (χ0n) is 17.5. The number of aryl methyl sites for hydroxylation is 1. The van der Waals surface area contributed by atoms with Gasteiger partial charge in [0.1, 0.15) is 0 Å². The van der Waals surface area contributed by atoms with Crippen molar-refractivity contribution in [3.8, 4) is 0 Å². The Kier molecular flexibility index (Phi) is 6.60. The van der Waals surface area contributed by atoms with Crippen LogP contribution >= 0.6 is 34.7 Å². The molecule has 2 heterocycles. The highest BCUT2D eigenvalue weighted by Crippen LogP contribution is 2.34. The van der Waals surface area contributed by atoms with Gasteiger partial charge < -0.3 is 0 Å². The monoisotopic (exact) mass is 467 g/mol. The van der Waals surface area contributed by atoms with Gasteiger partial charge in [-0.1, -0.05) is 42.9 Å². The van der Waals surface area contributed by atoms with Gasteiger partial charge in [-0.15, -0.1) is 11.8 Å². The van der Waals surface area contributed by atoms with Gasteiger partial charge in [-0.2, -0.15) is 0 Å². The smallest absolute Gasteiger partial charge is 0.260 e. The molecule has 158 valence electrons. The molecule has 2 aromatic carbocycles. The second-order valence-corrected chi connectivity index (χ2v) is 10.6. The van der Waals surface area contributed by atoms with E-state index < -0.39 is 0 Å². The highest BCUT2D eigenvalue weighted by Gasteiger charge is 2.22. The fraction of sp³-hybridized carbons (Fsp3) is 0.208. The highest BCUT2D eigenvalue weighted by atomic mass is 35.5. The summed E-state index contributed by atoms with van der Waals surface area (Å²) in [5, 5.41) is 1.81. The number of fused-ring (bicyclic) bond motifs is 1. The molecule has 0 bridgehead atoms. The summed E-state index contributed by atoms with van der Waals surface area (Å²) in [4.78, 5) is 25.4. The molecule has 1 amide bonds. The number of thiazole rings is 1. The maximum Gasteiger partial charge on any atom is 0.260 e. The van der Waals surface area contributed by atoms with Gasteiger partial charge in [0.25, 0.3) is 5.91 Å². The molecule has 0 aliphatic heterocycles. The lowest BCUT2D eigenvalue weighted by Gasteiger charge is -2.20. The predicted molar refractivity (Wildman–Crippen MR) is 132 cm³/mol. The maximum atomic E-state index is 13.6. The molecule has 4 rings (SSSR count). The largest absolute Gasteiger partial charge is 0.279 e. The number of anilines is 1. The van der Waals surface area contributed by atoms with Crippen molar-refractivity contribution in [1.29, 1.82) is 0 Å². The standard InChI is InChI=1S/C24H22ClN3OS2/c1-15(2)30-20-8-6-18(7-9-20)23(29)28(14-17-5-4-10-26-13-17)24-27-22-16(3)11-19(25)12-21(22)31-24/h4-13,15H,14H2,1-3H3. The zero-order valence-corrected chi connectivity index (χ0v) is 19.9. The van der Waals surface area contributed by atoms with E-state index in [9.17, 15) is 4.79 Å². The van der Waals surface area contributed by atoms with Crippen molar-refractivity contribution < 1.29 is 4.79 Å². The first-order valence-electron chi connectivity index (χ1n) is 9.95. The fourth-order valence-electron chi connectivity index (χ4n) is 3.26. The van der Waals surface area contributed by atoms with Gasteiger partial charge in [-0.3, -0.25) is 14.7 Å². The third-order valence-electron chi connectivity index (χ3n) is 4.65. The van der Waals surface area contributed by atoms with Crippen molar-refractivity contribution >= 4 is 56.0 Å². The number of thioether (sulfide) groups is 1. The van der Waals surface area contributed by atoms with Crippen LogP contribution in [0, 0.1) is 6.92 Å². The molecule has 0 atom stereocenters. The quantitative estimate of drug-likeness (QED) is 0.286. The average molecular weight is 468 g/mol. The first-order chi connectivity index (χ1) is 14.9. The van der Waals surface area contributed by atoms with Gasteiger partial charge in [0.15, 0.2) is 5.13 Å². The molecule has 0 saturated heterocycles. The lowest BCUT2D eigenvalue weighted by atomic mass is 10.2. The van der Waals surface area contributed by atoms with E-state index in [2.05, 4.69) is 18.8 Å². The van der Waals surface area contributed by atoms with Crippen molar-refractivity contribution in [3.63, 3.8) is 0 Å². The normalized spacial score (nSPS) is 11.3. The summed E-state index contributed by atoms with van der Waals surface area (Å²) in [5.41, 5.74) is 3.44. The van der Waals surface area contributed by atoms with Crippen molar-refractivity contribution in [2.24, 2.45) is 0 Å². The Balaban J connectivity index is 1.72. The number of halogens is 1. The summed E-state index contributed by atoms with van der Waals surface area (Å²) in [6, 6.07) is 15.4. The number of hydrogen-bond donors (Lipinski definition) is 0. The first kappa shape index (κ1) is 21.8. The molecular weight excluding hydrogens is 446 g/mol. The first-order valence-corrected chi connectivity index (χ1v) is 12.0. The Labute approximate surface area is 195 Å². The summed E-state index contributed by atoms with van der Waals surface area (Å²) in [5.74, 6) is -0.0900. The number of rotatable bonds is 6. The van der Waals surface area contributed by atoms with E-state index >= 15 is 0 Å². The molecule has 0 radical (unpaired) electrons. The molecule has 31 heavy (non-hydrogen) atoms. The van der Waals surface area contributed by atoms with E-state index in [1.54, 1.807) is 29.1 Å². The number of hydrogen-bond acceptors (Lipinski definition) is 5. The van der Waals surface area contributed by atoms with Gasteiger partial charge in [0.2, 0.25) is 0 Å². The molecule has 0 fully saturated rings. The van der Waals surface area contributed by atoms with Crippen LogP contribution in [0.4, 0.5) is 5.13 Å². The second-order valence-electron chi connectivity index (χ2n) is 7.51. The topological polar surface area (TPSA) is 46.1 Å². The van der Waals surface area contributed by atoms with E-state index in [-0.39, 0.29) is 5.91 Å². The Morgan fingerprint density at radius 3 is 2.65 bits per heavy atom. The van der Waals surface area contributed by atoms with Crippen molar-refractivity contribution in [1.82, 2.24) is 9.97 Å². The van der Waals surface area contributed by atoms with Crippen molar-refractivity contribution in [3.05, 3.63) is 82.6 Å². The van der Waals surface area contributed by atoms with Crippen molar-refractivity contribution in [2.75, 3.05) is 4.90 Å². The van der Waals surface area contributed by atoms with Crippen LogP contribution < -0.4 is 4.90 Å². The SMILES string of the molecule is Cc1cc(Cl)cc2sc(N(Cc3cccnc3)C(=O)c3ccc(SC(C)C)cc3)nc12. The summed E-state index contributed by atoms with van der Waals surface area (Å²) in [6.45, 7) is 6.68. The Bertz CT molecular complexity index is 1210. The lowest BCUT2D eigenvalue weighted by Crippen LogP contribution is -2.30. The Hall–Kier alpha value is -2.41. The molecule has 0 spiro atoms. The number of pyridine rings is 1. The van der Waals surface area contributed by atoms with E-state index in [1.807, 2.05) is 55.5 Å². The van der Waals surface area contributed by atoms with Crippen molar-refractivity contribution in [2.45, 2.75) is 37.5 Å². The van der Waals surface area contributed by atoms with Crippen LogP contribution in [-0.4, -0.2) is 21.1 Å². The van der Waals surface area contributed by atoms with Crippen LogP contribution in [-0.2, 0) is 6.54 Å². The molecule has 0 saturated carbocycles. The van der Waals surface area contributed by atoms with Crippen LogP contribution in [0.2, 0.25) is 5.02 Å². The summed E-state index contributed by atoms with van der Waals surface area (Å²) in [6.07, 6.45) is 3.50. The van der Waals surface area contributed by atoms with E-state index in [1.165, 1.54) is 11.3 Å². The Morgan fingerprint density at radius 1 is 1.19 bits per heavy atom. The third kappa shape index (κ3) is 5.09. The number of benzene rings is 2. The minimum Gasteiger partial charge on any atom is -0.279 e. The predicted octanol–water partition coefficient (Wildman–Crippen LogP) is 7.00.